The Morgan fingerprint density at radius 3 is 2.37 bits per heavy atom. The van der Waals surface area contributed by atoms with E-state index in [0.717, 1.165) is 12.8 Å². The summed E-state index contributed by atoms with van der Waals surface area (Å²) >= 11 is 0. The van der Waals surface area contributed by atoms with Gasteiger partial charge in [-0.3, -0.25) is 19.2 Å². The average Bonchev–Trinajstić information content (AvgIpc) is 3.68. The van der Waals surface area contributed by atoms with Gasteiger partial charge >= 0.3 is 12.1 Å². The average molecular weight is 571 g/mol. The predicted molar refractivity (Wildman–Crippen MR) is 144 cm³/mol. The van der Waals surface area contributed by atoms with Crippen LogP contribution in [0.3, 0.4) is 0 Å². The van der Waals surface area contributed by atoms with Crippen molar-refractivity contribution in [3.8, 4) is 11.6 Å². The lowest BCUT2D eigenvalue weighted by Crippen LogP contribution is -2.56. The normalized spacial score (nSPS) is 15.5. The van der Waals surface area contributed by atoms with Gasteiger partial charge in [0.05, 0.1) is 12.3 Å². The van der Waals surface area contributed by atoms with Crippen molar-refractivity contribution in [3.63, 3.8) is 0 Å². The van der Waals surface area contributed by atoms with E-state index < -0.39 is 29.9 Å². The number of hydrogen-bond donors (Lipinski definition) is 3. The molecule has 1 saturated carbocycles. The van der Waals surface area contributed by atoms with Gasteiger partial charge in [0.2, 0.25) is 11.8 Å². The van der Waals surface area contributed by atoms with Crippen LogP contribution >= 0.6 is 0 Å². The SMILES string of the molecule is CCOC(=O)N1CCN(C(=O)[C@H](CCC(=O)O)NC(=O)c2cc(OCC(=O)NC3CC3)n(-c3ccccc3)n2)CC1. The molecule has 0 bridgehead atoms. The smallest absolute Gasteiger partial charge is 0.409 e. The number of carboxylic acid groups (broad SMARTS) is 1. The molecule has 2 fully saturated rings. The second-order valence-electron chi connectivity index (χ2n) is 9.72. The van der Waals surface area contributed by atoms with Crippen molar-refractivity contribution >= 4 is 29.8 Å². The zero-order valence-corrected chi connectivity index (χ0v) is 22.8. The zero-order valence-electron chi connectivity index (χ0n) is 22.8. The molecule has 1 saturated heterocycles. The second-order valence-corrected chi connectivity index (χ2v) is 9.72. The second kappa shape index (κ2) is 13.6. The summed E-state index contributed by atoms with van der Waals surface area (Å²) in [6, 6.07) is 9.27. The molecule has 4 rings (SSSR count). The van der Waals surface area contributed by atoms with E-state index in [0.29, 0.717) is 5.69 Å². The maximum absolute atomic E-state index is 13.3. The van der Waals surface area contributed by atoms with Crippen LogP contribution in [0.2, 0.25) is 0 Å². The summed E-state index contributed by atoms with van der Waals surface area (Å²) in [5.74, 6) is -2.42. The van der Waals surface area contributed by atoms with Crippen molar-refractivity contribution in [2.45, 2.75) is 44.7 Å². The van der Waals surface area contributed by atoms with E-state index in [1.54, 1.807) is 31.2 Å². The minimum Gasteiger partial charge on any atom is -0.481 e. The van der Waals surface area contributed by atoms with E-state index in [-0.39, 0.29) is 75.8 Å². The molecule has 1 aliphatic heterocycles. The summed E-state index contributed by atoms with van der Waals surface area (Å²) in [7, 11) is 0. The Kier molecular flexibility index (Phi) is 9.77. The highest BCUT2D eigenvalue weighted by atomic mass is 16.6. The van der Waals surface area contributed by atoms with Gasteiger partial charge in [-0.25, -0.2) is 9.48 Å². The Labute approximate surface area is 236 Å². The number of benzene rings is 1. The van der Waals surface area contributed by atoms with E-state index >= 15 is 0 Å². The number of piperazine rings is 1. The minimum atomic E-state index is -1.14. The van der Waals surface area contributed by atoms with E-state index in [1.165, 1.54) is 20.5 Å². The van der Waals surface area contributed by atoms with Crippen molar-refractivity contribution in [2.24, 2.45) is 0 Å². The standard InChI is InChI=1S/C27H34N6O8/c1-2-40-27(39)32-14-12-31(13-15-32)26(38)20(10-11-24(35)36)29-25(37)21-16-23(41-17-22(34)28-18-8-9-18)33(30-21)19-6-4-3-5-7-19/h3-7,16,18,20H,2,8-15,17H2,1H3,(H,28,34)(H,29,37)(H,35,36)/t20-/m0/s1. The fraction of sp³-hybridized carbons (Fsp3) is 0.481. The number of hydrogen-bond acceptors (Lipinski definition) is 8. The summed E-state index contributed by atoms with van der Waals surface area (Å²) in [5, 5.41) is 19.0. The molecule has 14 heteroatoms. The van der Waals surface area contributed by atoms with E-state index in [2.05, 4.69) is 15.7 Å². The minimum absolute atomic E-state index is 0.0771. The number of para-hydroxylation sites is 1. The van der Waals surface area contributed by atoms with Crippen LogP contribution in [-0.4, -0.2) is 106 Å². The molecule has 1 atom stereocenters. The molecule has 0 spiro atoms. The van der Waals surface area contributed by atoms with Crippen LogP contribution < -0.4 is 15.4 Å². The first-order valence-electron chi connectivity index (χ1n) is 13.6. The van der Waals surface area contributed by atoms with Crippen molar-refractivity contribution in [1.82, 2.24) is 30.2 Å². The summed E-state index contributed by atoms with van der Waals surface area (Å²) < 4.78 is 12.1. The number of ether oxygens (including phenoxy) is 2. The first-order chi connectivity index (χ1) is 19.7. The number of rotatable bonds is 12. The molecule has 3 N–H and O–H groups in total. The lowest BCUT2D eigenvalue weighted by atomic mass is 10.1. The van der Waals surface area contributed by atoms with Crippen molar-refractivity contribution < 1.29 is 38.6 Å². The highest BCUT2D eigenvalue weighted by Crippen LogP contribution is 2.21. The van der Waals surface area contributed by atoms with Crippen LogP contribution in [0.5, 0.6) is 5.88 Å². The summed E-state index contributed by atoms with van der Waals surface area (Å²) in [6.45, 7) is 2.59. The Bertz CT molecular complexity index is 1250. The van der Waals surface area contributed by atoms with Gasteiger partial charge < -0.3 is 35.0 Å². The maximum atomic E-state index is 13.3. The van der Waals surface area contributed by atoms with Gasteiger partial charge in [0, 0.05) is 44.7 Å². The Morgan fingerprint density at radius 2 is 1.73 bits per heavy atom. The number of carbonyl (C=O) groups excluding carboxylic acids is 4. The van der Waals surface area contributed by atoms with Crippen LogP contribution in [0.1, 0.15) is 43.1 Å². The molecular weight excluding hydrogens is 536 g/mol. The quantitative estimate of drug-likeness (QED) is 0.334. The third kappa shape index (κ3) is 8.19. The molecule has 1 aliphatic carbocycles. The van der Waals surface area contributed by atoms with E-state index in [4.69, 9.17) is 9.47 Å². The van der Waals surface area contributed by atoms with Crippen LogP contribution in [0.15, 0.2) is 36.4 Å². The van der Waals surface area contributed by atoms with E-state index in [9.17, 15) is 29.1 Å². The first-order valence-corrected chi connectivity index (χ1v) is 13.6. The number of carboxylic acids is 1. The first kappa shape index (κ1) is 29.4. The molecule has 2 heterocycles. The molecule has 1 aromatic heterocycles. The van der Waals surface area contributed by atoms with E-state index in [1.807, 2.05) is 6.07 Å². The molecule has 14 nitrogen and oxygen atoms in total. The Balaban J connectivity index is 1.47. The number of amides is 4. The fourth-order valence-corrected chi connectivity index (χ4v) is 4.27. The largest absolute Gasteiger partial charge is 0.481 e. The van der Waals surface area contributed by atoms with Crippen molar-refractivity contribution in [3.05, 3.63) is 42.1 Å². The zero-order chi connectivity index (χ0) is 29.4. The van der Waals surface area contributed by atoms with Gasteiger partial charge in [-0.2, -0.15) is 5.10 Å². The van der Waals surface area contributed by atoms with Crippen molar-refractivity contribution in [1.29, 1.82) is 0 Å². The molecule has 2 aromatic rings. The van der Waals surface area contributed by atoms with Crippen LogP contribution in [0.4, 0.5) is 4.79 Å². The lowest BCUT2D eigenvalue weighted by Gasteiger charge is -2.35. The van der Waals surface area contributed by atoms with Gasteiger partial charge in [-0.1, -0.05) is 18.2 Å². The van der Waals surface area contributed by atoms with Crippen LogP contribution in [0, 0.1) is 0 Å². The summed E-state index contributed by atoms with van der Waals surface area (Å²) in [6.07, 6.45) is 0.916. The third-order valence-electron chi connectivity index (χ3n) is 6.57. The topological polar surface area (TPSA) is 172 Å². The number of aliphatic carboxylic acids is 1. The maximum Gasteiger partial charge on any atom is 0.409 e. The molecule has 4 amide bonds. The molecule has 2 aliphatic rings. The highest BCUT2D eigenvalue weighted by Gasteiger charge is 2.32. The number of carbonyl (C=O) groups is 5. The number of nitrogens with one attached hydrogen (secondary N) is 2. The Hall–Kier alpha value is -4.62. The van der Waals surface area contributed by atoms with Gasteiger partial charge in [-0.15, -0.1) is 0 Å². The third-order valence-corrected chi connectivity index (χ3v) is 6.57. The monoisotopic (exact) mass is 570 g/mol. The number of nitrogens with zero attached hydrogens (tertiary/aromatic N) is 4. The molecule has 220 valence electrons. The fourth-order valence-electron chi connectivity index (χ4n) is 4.27. The van der Waals surface area contributed by atoms with Gasteiger partial charge in [0.25, 0.3) is 11.8 Å². The highest BCUT2D eigenvalue weighted by molar-refractivity contribution is 5.96. The lowest BCUT2D eigenvalue weighted by molar-refractivity contribution is -0.138. The predicted octanol–water partition coefficient (Wildman–Crippen LogP) is 0.794. The Morgan fingerprint density at radius 1 is 1.05 bits per heavy atom. The van der Waals surface area contributed by atoms with Gasteiger partial charge in [-0.05, 0) is 38.3 Å². The van der Waals surface area contributed by atoms with Crippen LogP contribution in [-0.2, 0) is 19.1 Å². The molecule has 1 aromatic carbocycles. The molecule has 0 radical (unpaired) electrons. The summed E-state index contributed by atoms with van der Waals surface area (Å²) in [4.78, 5) is 65.0. The molecule has 41 heavy (non-hydrogen) atoms. The summed E-state index contributed by atoms with van der Waals surface area (Å²) in [5.41, 5.74) is 0.508. The van der Waals surface area contributed by atoms with Gasteiger partial charge in [0.15, 0.2) is 12.3 Å². The molecule has 0 unspecified atom stereocenters. The van der Waals surface area contributed by atoms with Crippen LogP contribution in [0.25, 0.3) is 5.69 Å². The molecular formula is C27H34N6O8. The number of aromatic nitrogens is 2. The van der Waals surface area contributed by atoms with Crippen molar-refractivity contribution in [2.75, 3.05) is 39.4 Å². The van der Waals surface area contributed by atoms with Gasteiger partial charge in [0.1, 0.15) is 6.04 Å².